The number of carbonyl (C=O) groups is 1. The molecule has 1 N–H and O–H groups in total. The first-order valence-corrected chi connectivity index (χ1v) is 8.05. The predicted octanol–water partition coefficient (Wildman–Crippen LogP) is 2.33. The van der Waals surface area contributed by atoms with Gasteiger partial charge in [0.25, 0.3) is 0 Å². The van der Waals surface area contributed by atoms with E-state index in [1.165, 1.54) is 0 Å². The molecule has 3 aliphatic rings. The Morgan fingerprint density at radius 2 is 1.67 bits per heavy atom. The van der Waals surface area contributed by atoms with Gasteiger partial charge in [0.1, 0.15) is 0 Å². The zero-order chi connectivity index (χ0) is 9.20. The average molecular weight is 184 g/mol. The number of carboxylic acid groups (broad SMARTS) is 1. The van der Waals surface area contributed by atoms with Gasteiger partial charge in [-0.15, -0.1) is 0 Å². The zero-order valence-electron chi connectivity index (χ0n) is 7.98. The van der Waals surface area contributed by atoms with Crippen molar-refractivity contribution in [3.8, 4) is 0 Å². The minimum atomic E-state index is -1.09. The molecule has 3 fully saturated rings. The third-order valence-corrected chi connectivity index (χ3v) is 7.79. The van der Waals surface area contributed by atoms with Gasteiger partial charge in [-0.25, -0.2) is 0 Å². The molecular weight excluding hydrogens is 168 g/mol. The molecule has 0 unspecified atom stereocenters. The van der Waals surface area contributed by atoms with E-state index in [4.69, 9.17) is 5.11 Å². The number of hydrogen-bond donors (Lipinski definition) is 1. The van der Waals surface area contributed by atoms with Crippen LogP contribution in [0.15, 0.2) is 0 Å². The highest BCUT2D eigenvalue weighted by molar-refractivity contribution is 6.80. The molecule has 0 aliphatic heterocycles. The Hall–Kier alpha value is -0.313. The number of aliphatic carboxylic acids is 1. The quantitative estimate of drug-likeness (QED) is 0.669. The highest BCUT2D eigenvalue weighted by atomic mass is 28.3. The van der Waals surface area contributed by atoms with Crippen LogP contribution < -0.4 is 0 Å². The molecule has 0 aromatic rings. The van der Waals surface area contributed by atoms with E-state index in [0.717, 1.165) is 19.3 Å². The van der Waals surface area contributed by atoms with Gasteiger partial charge in [-0.05, 0) is 24.3 Å². The van der Waals surface area contributed by atoms with Crippen LogP contribution in [0.4, 0.5) is 0 Å². The second-order valence-corrected chi connectivity index (χ2v) is 11.2. The van der Waals surface area contributed by atoms with Crippen molar-refractivity contribution in [2.24, 2.45) is 5.41 Å². The van der Waals surface area contributed by atoms with Crippen molar-refractivity contribution >= 4 is 14.0 Å². The lowest BCUT2D eigenvalue weighted by Gasteiger charge is -2.73. The average Bonchev–Trinajstić information content (AvgIpc) is 1.46. The van der Waals surface area contributed by atoms with E-state index in [-0.39, 0.29) is 5.41 Å². The van der Waals surface area contributed by atoms with Gasteiger partial charge >= 0.3 is 5.97 Å². The molecule has 0 spiro atoms. The van der Waals surface area contributed by atoms with Crippen LogP contribution in [0.2, 0.25) is 24.7 Å². The summed E-state index contributed by atoms with van der Waals surface area (Å²) in [7, 11) is -1.09. The van der Waals surface area contributed by atoms with E-state index in [9.17, 15) is 4.79 Å². The third-order valence-electron chi connectivity index (χ3n) is 4.07. The summed E-state index contributed by atoms with van der Waals surface area (Å²) in [5, 5.41) is 9.43. The van der Waals surface area contributed by atoms with Crippen molar-refractivity contribution in [3.63, 3.8) is 0 Å². The molecule has 3 aliphatic carbocycles. The van der Waals surface area contributed by atoms with Crippen LogP contribution in [0.5, 0.6) is 0 Å². The van der Waals surface area contributed by atoms with E-state index in [1.807, 2.05) is 0 Å². The van der Waals surface area contributed by atoms with Crippen LogP contribution >= 0.6 is 0 Å². The molecule has 0 aromatic heterocycles. The molecule has 3 rings (SSSR count). The van der Waals surface area contributed by atoms with E-state index in [1.54, 1.807) is 0 Å². The van der Waals surface area contributed by atoms with Crippen molar-refractivity contribution in [2.45, 2.75) is 43.9 Å². The van der Waals surface area contributed by atoms with E-state index in [0.29, 0.717) is 5.04 Å². The lowest BCUT2D eigenvalue weighted by atomic mass is 9.43. The van der Waals surface area contributed by atoms with Crippen LogP contribution in [-0.2, 0) is 4.79 Å². The molecule has 0 atom stereocenters. The lowest BCUT2D eigenvalue weighted by Crippen LogP contribution is -2.68. The van der Waals surface area contributed by atoms with Gasteiger partial charge in [0, 0.05) is 0 Å². The summed E-state index contributed by atoms with van der Waals surface area (Å²) in [6.45, 7) is 7.08. The molecule has 68 valence electrons. The van der Waals surface area contributed by atoms with E-state index >= 15 is 0 Å². The molecular formula is C9H16O2Si. The Balaban J connectivity index is 2.09. The Labute approximate surface area is 74.0 Å². The minimum absolute atomic E-state index is 0.264. The van der Waals surface area contributed by atoms with Crippen LogP contribution in [0, 0.1) is 5.41 Å². The SMILES string of the molecule is C[Si](C)(C)C12CC(C(=O)O)(C1)C2. The third kappa shape index (κ3) is 0.684. The molecule has 0 heterocycles. The number of carboxylic acids is 1. The van der Waals surface area contributed by atoms with Gasteiger partial charge in [0.05, 0.1) is 13.5 Å². The second kappa shape index (κ2) is 1.79. The Morgan fingerprint density at radius 1 is 1.25 bits per heavy atom. The first-order valence-electron chi connectivity index (χ1n) is 4.55. The molecule has 2 nitrogen and oxygen atoms in total. The summed E-state index contributed by atoms with van der Waals surface area (Å²) in [4.78, 5) is 10.8. The number of hydrogen-bond acceptors (Lipinski definition) is 1. The first kappa shape index (κ1) is 8.29. The monoisotopic (exact) mass is 184 g/mol. The summed E-state index contributed by atoms with van der Waals surface area (Å²) in [5.74, 6) is -0.553. The summed E-state index contributed by atoms with van der Waals surface area (Å²) < 4.78 is 0. The topological polar surface area (TPSA) is 37.3 Å². The maximum atomic E-state index is 10.8. The fourth-order valence-electron chi connectivity index (χ4n) is 2.81. The Morgan fingerprint density at radius 3 is 1.92 bits per heavy atom. The molecule has 0 amide bonds. The summed E-state index contributed by atoms with van der Waals surface area (Å²) in [6.07, 6.45) is 2.93. The van der Waals surface area contributed by atoms with Gasteiger partial charge in [-0.1, -0.05) is 19.6 Å². The van der Waals surface area contributed by atoms with E-state index < -0.39 is 14.0 Å². The van der Waals surface area contributed by atoms with E-state index in [2.05, 4.69) is 19.6 Å². The van der Waals surface area contributed by atoms with Gasteiger partial charge in [-0.2, -0.15) is 0 Å². The summed E-state index contributed by atoms with van der Waals surface area (Å²) >= 11 is 0. The van der Waals surface area contributed by atoms with Gasteiger partial charge < -0.3 is 5.11 Å². The molecule has 3 saturated carbocycles. The first-order chi connectivity index (χ1) is 5.31. The minimum Gasteiger partial charge on any atom is -0.481 e. The van der Waals surface area contributed by atoms with Crippen LogP contribution in [-0.4, -0.2) is 19.1 Å². The molecule has 0 aromatic carbocycles. The van der Waals surface area contributed by atoms with Gasteiger partial charge in [0.2, 0.25) is 0 Å². The maximum absolute atomic E-state index is 10.8. The predicted molar refractivity (Wildman–Crippen MR) is 50.0 cm³/mol. The van der Waals surface area contributed by atoms with Gasteiger partial charge in [0.15, 0.2) is 0 Å². The van der Waals surface area contributed by atoms with Crippen molar-refractivity contribution in [3.05, 3.63) is 0 Å². The molecule has 12 heavy (non-hydrogen) atoms. The number of rotatable bonds is 2. The normalized spacial score (nSPS) is 44.6. The highest BCUT2D eigenvalue weighted by Crippen LogP contribution is 2.81. The van der Waals surface area contributed by atoms with Crippen LogP contribution in [0.3, 0.4) is 0 Å². The standard InChI is InChI=1S/C9H16O2Si/c1-12(2,3)9-4-8(5-9,6-9)7(10)11/h4-6H2,1-3H3,(H,10,11). The molecule has 0 saturated heterocycles. The summed E-state index contributed by atoms with van der Waals surface area (Å²) in [6, 6.07) is 0. The fraction of sp³-hybridized carbons (Fsp3) is 0.889. The lowest BCUT2D eigenvalue weighted by molar-refractivity contribution is -0.181. The Kier molecular flexibility index (Phi) is 1.24. The molecule has 3 heteroatoms. The van der Waals surface area contributed by atoms with Crippen LogP contribution in [0.25, 0.3) is 0 Å². The smallest absolute Gasteiger partial charge is 0.309 e. The van der Waals surface area contributed by atoms with Crippen molar-refractivity contribution < 1.29 is 9.90 Å². The molecule has 2 bridgehead atoms. The largest absolute Gasteiger partial charge is 0.481 e. The maximum Gasteiger partial charge on any atom is 0.309 e. The van der Waals surface area contributed by atoms with Crippen molar-refractivity contribution in [2.75, 3.05) is 0 Å². The van der Waals surface area contributed by atoms with Crippen molar-refractivity contribution in [1.82, 2.24) is 0 Å². The van der Waals surface area contributed by atoms with Gasteiger partial charge in [-0.3, -0.25) is 4.79 Å². The fourth-order valence-corrected chi connectivity index (χ4v) is 5.42. The highest BCUT2D eigenvalue weighted by Gasteiger charge is 2.75. The second-order valence-electron chi connectivity index (χ2n) is 5.65. The van der Waals surface area contributed by atoms with Crippen LogP contribution in [0.1, 0.15) is 19.3 Å². The zero-order valence-corrected chi connectivity index (χ0v) is 8.98. The Bertz CT molecular complexity index is 232. The molecule has 0 radical (unpaired) electrons. The van der Waals surface area contributed by atoms with Crippen molar-refractivity contribution in [1.29, 1.82) is 0 Å². The summed E-state index contributed by atoms with van der Waals surface area (Å²) in [5.41, 5.74) is -0.264.